The van der Waals surface area contributed by atoms with Crippen molar-refractivity contribution in [3.8, 4) is 0 Å². The maximum Gasteiger partial charge on any atom is 0.263 e. The van der Waals surface area contributed by atoms with Crippen LogP contribution in [-0.2, 0) is 16.4 Å². The zero-order valence-electron chi connectivity index (χ0n) is 15.2. The minimum absolute atomic E-state index is 0.0525. The number of carbonyl (C=O) groups is 1. The summed E-state index contributed by atoms with van der Waals surface area (Å²) in [5, 5.41) is 3.13. The van der Waals surface area contributed by atoms with E-state index in [2.05, 4.69) is 10.0 Å². The van der Waals surface area contributed by atoms with Gasteiger partial charge in [-0.3, -0.25) is 9.52 Å². The van der Waals surface area contributed by atoms with Gasteiger partial charge in [-0.05, 0) is 48.4 Å². The lowest BCUT2D eigenvalue weighted by atomic mass is 10.1. The van der Waals surface area contributed by atoms with Gasteiger partial charge >= 0.3 is 0 Å². The van der Waals surface area contributed by atoms with Crippen molar-refractivity contribution in [1.29, 1.82) is 0 Å². The molecule has 0 aliphatic rings. The first kappa shape index (κ1) is 21.2. The van der Waals surface area contributed by atoms with E-state index in [1.807, 2.05) is 30.3 Å². The number of anilines is 1. The van der Waals surface area contributed by atoms with Gasteiger partial charge in [0.2, 0.25) is 0 Å². The molecule has 150 valence electrons. The Balaban J connectivity index is 1.68. The molecule has 0 spiro atoms. The van der Waals surface area contributed by atoms with E-state index in [9.17, 15) is 13.2 Å². The Labute approximate surface area is 179 Å². The average molecular weight is 449 g/mol. The fourth-order valence-electron chi connectivity index (χ4n) is 2.68. The van der Waals surface area contributed by atoms with Crippen LogP contribution in [0.25, 0.3) is 0 Å². The zero-order valence-corrected chi connectivity index (χ0v) is 17.6. The SMILES string of the molecule is O=C(NCCc1ccccc1)c1cccc(NS(=O)(=O)c2cc(Cl)ccc2Cl)c1. The average Bonchev–Trinajstić information content (AvgIpc) is 2.70. The second-order valence-electron chi connectivity index (χ2n) is 6.25. The van der Waals surface area contributed by atoms with Gasteiger partial charge in [0.1, 0.15) is 4.90 Å². The second-order valence-corrected chi connectivity index (χ2v) is 8.75. The van der Waals surface area contributed by atoms with E-state index in [0.717, 1.165) is 5.56 Å². The van der Waals surface area contributed by atoms with Crippen molar-refractivity contribution < 1.29 is 13.2 Å². The Morgan fingerprint density at radius 1 is 0.897 bits per heavy atom. The molecule has 8 heteroatoms. The number of sulfonamides is 1. The largest absolute Gasteiger partial charge is 0.352 e. The molecular weight excluding hydrogens is 431 g/mol. The molecule has 0 unspecified atom stereocenters. The van der Waals surface area contributed by atoms with E-state index in [0.29, 0.717) is 18.5 Å². The number of nitrogens with one attached hydrogen (secondary N) is 2. The summed E-state index contributed by atoms with van der Waals surface area (Å²) in [7, 11) is -3.96. The first-order valence-electron chi connectivity index (χ1n) is 8.75. The third kappa shape index (κ3) is 5.73. The van der Waals surface area contributed by atoms with Crippen molar-refractivity contribution in [2.75, 3.05) is 11.3 Å². The summed E-state index contributed by atoms with van der Waals surface area (Å²) in [6, 6.07) is 20.2. The van der Waals surface area contributed by atoms with Gasteiger partial charge in [0.15, 0.2) is 0 Å². The predicted octanol–water partition coefficient (Wildman–Crippen LogP) is 4.77. The molecule has 0 saturated carbocycles. The Morgan fingerprint density at radius 2 is 1.66 bits per heavy atom. The van der Waals surface area contributed by atoms with Crippen molar-refractivity contribution in [3.63, 3.8) is 0 Å². The number of hydrogen-bond acceptors (Lipinski definition) is 3. The van der Waals surface area contributed by atoms with E-state index in [1.165, 1.54) is 24.3 Å². The number of benzene rings is 3. The first-order valence-corrected chi connectivity index (χ1v) is 11.0. The van der Waals surface area contributed by atoms with E-state index in [1.54, 1.807) is 18.2 Å². The highest BCUT2D eigenvalue weighted by Gasteiger charge is 2.19. The second kappa shape index (κ2) is 9.31. The van der Waals surface area contributed by atoms with E-state index >= 15 is 0 Å². The molecule has 0 fully saturated rings. The van der Waals surface area contributed by atoms with Crippen LogP contribution in [-0.4, -0.2) is 20.9 Å². The summed E-state index contributed by atoms with van der Waals surface area (Å²) in [6.07, 6.45) is 0.701. The molecule has 0 heterocycles. The number of rotatable bonds is 7. The van der Waals surface area contributed by atoms with Gasteiger partial charge in [0.05, 0.1) is 5.02 Å². The van der Waals surface area contributed by atoms with Crippen molar-refractivity contribution in [1.82, 2.24) is 5.32 Å². The lowest BCUT2D eigenvalue weighted by molar-refractivity contribution is 0.0954. The molecule has 29 heavy (non-hydrogen) atoms. The van der Waals surface area contributed by atoms with Crippen LogP contribution in [0.4, 0.5) is 5.69 Å². The van der Waals surface area contributed by atoms with Gasteiger partial charge in [-0.1, -0.05) is 59.6 Å². The zero-order chi connectivity index (χ0) is 20.9. The van der Waals surface area contributed by atoms with Crippen LogP contribution < -0.4 is 10.0 Å². The highest BCUT2D eigenvalue weighted by molar-refractivity contribution is 7.92. The molecule has 3 aromatic rings. The molecule has 0 aromatic heterocycles. The van der Waals surface area contributed by atoms with E-state index < -0.39 is 10.0 Å². The number of halogens is 2. The van der Waals surface area contributed by atoms with Crippen molar-refractivity contribution in [2.45, 2.75) is 11.3 Å². The molecule has 5 nitrogen and oxygen atoms in total. The third-order valence-electron chi connectivity index (χ3n) is 4.10. The van der Waals surface area contributed by atoms with Crippen LogP contribution in [0.2, 0.25) is 10.0 Å². The summed E-state index contributed by atoms with van der Waals surface area (Å²) < 4.78 is 27.7. The monoisotopic (exact) mass is 448 g/mol. The Kier molecular flexibility index (Phi) is 6.79. The summed E-state index contributed by atoms with van der Waals surface area (Å²) in [5.74, 6) is -0.289. The summed E-state index contributed by atoms with van der Waals surface area (Å²) in [4.78, 5) is 12.3. The van der Waals surface area contributed by atoms with Crippen LogP contribution in [0.5, 0.6) is 0 Å². The number of carbonyl (C=O) groups excluding carboxylic acids is 1. The Morgan fingerprint density at radius 3 is 2.41 bits per heavy atom. The predicted molar refractivity (Wildman–Crippen MR) is 116 cm³/mol. The van der Waals surface area contributed by atoms with Gasteiger partial charge in [0, 0.05) is 22.8 Å². The fourth-order valence-corrected chi connectivity index (χ4v) is 4.50. The molecular formula is C21H18Cl2N2O3S. The van der Waals surface area contributed by atoms with Gasteiger partial charge < -0.3 is 5.32 Å². The van der Waals surface area contributed by atoms with Gasteiger partial charge in [0.25, 0.3) is 15.9 Å². The lowest BCUT2D eigenvalue weighted by Gasteiger charge is -2.11. The third-order valence-corrected chi connectivity index (χ3v) is 6.20. The summed E-state index contributed by atoms with van der Waals surface area (Å²) >= 11 is 11.9. The van der Waals surface area contributed by atoms with Gasteiger partial charge in [-0.2, -0.15) is 0 Å². The smallest absolute Gasteiger partial charge is 0.263 e. The molecule has 0 radical (unpaired) electrons. The topological polar surface area (TPSA) is 75.3 Å². The van der Waals surface area contributed by atoms with Crippen LogP contribution in [0.15, 0.2) is 77.7 Å². The minimum atomic E-state index is -3.96. The highest BCUT2D eigenvalue weighted by atomic mass is 35.5. The normalized spacial score (nSPS) is 11.1. The maximum atomic E-state index is 12.6. The summed E-state index contributed by atoms with van der Waals surface area (Å²) in [5.41, 5.74) is 1.71. The maximum absolute atomic E-state index is 12.6. The van der Waals surface area contributed by atoms with Crippen LogP contribution >= 0.6 is 23.2 Å². The molecule has 2 N–H and O–H groups in total. The van der Waals surface area contributed by atoms with E-state index in [4.69, 9.17) is 23.2 Å². The molecule has 0 aliphatic heterocycles. The van der Waals surface area contributed by atoms with Gasteiger partial charge in [-0.15, -0.1) is 0 Å². The fraction of sp³-hybridized carbons (Fsp3) is 0.0952. The van der Waals surface area contributed by atoms with Crippen LogP contribution in [0, 0.1) is 0 Å². The molecule has 0 saturated heterocycles. The minimum Gasteiger partial charge on any atom is -0.352 e. The number of amides is 1. The molecule has 3 aromatic carbocycles. The van der Waals surface area contributed by atoms with Gasteiger partial charge in [-0.25, -0.2) is 8.42 Å². The molecule has 0 aliphatic carbocycles. The molecule has 1 amide bonds. The first-order chi connectivity index (χ1) is 13.8. The van der Waals surface area contributed by atoms with E-state index in [-0.39, 0.29) is 26.5 Å². The van der Waals surface area contributed by atoms with Crippen LogP contribution in [0.3, 0.4) is 0 Å². The highest BCUT2D eigenvalue weighted by Crippen LogP contribution is 2.27. The van der Waals surface area contributed by atoms with Crippen LogP contribution in [0.1, 0.15) is 15.9 Å². The molecule has 3 rings (SSSR count). The Hall–Kier alpha value is -2.54. The standard InChI is InChI=1S/C21H18Cl2N2O3S/c22-17-9-10-19(23)20(14-17)29(27,28)25-18-8-4-7-16(13-18)21(26)24-12-11-15-5-2-1-3-6-15/h1-10,13-14,25H,11-12H2,(H,24,26). The lowest BCUT2D eigenvalue weighted by Crippen LogP contribution is -2.25. The molecule has 0 atom stereocenters. The van der Waals surface area contributed by atoms with Crippen molar-refractivity contribution in [3.05, 3.63) is 94.0 Å². The molecule has 0 bridgehead atoms. The summed E-state index contributed by atoms with van der Waals surface area (Å²) in [6.45, 7) is 0.469. The quantitative estimate of drug-likeness (QED) is 0.546. The van der Waals surface area contributed by atoms with Crippen molar-refractivity contribution in [2.24, 2.45) is 0 Å². The Bertz CT molecular complexity index is 1120. The van der Waals surface area contributed by atoms with Crippen molar-refractivity contribution >= 4 is 44.8 Å². The number of hydrogen-bond donors (Lipinski definition) is 2.